The molecule has 1 aromatic carbocycles. The van der Waals surface area contributed by atoms with E-state index in [-0.39, 0.29) is 35.2 Å². The molecule has 11 nitrogen and oxygen atoms in total. The molecule has 0 atom stereocenters. The van der Waals surface area contributed by atoms with E-state index < -0.39 is 12.3 Å². The molecule has 0 fully saturated rings. The molecule has 14 heteroatoms. The lowest BCUT2D eigenvalue weighted by atomic mass is 10.0. The third kappa shape index (κ3) is 8.06. The van der Waals surface area contributed by atoms with Crippen molar-refractivity contribution in [3.63, 3.8) is 0 Å². The van der Waals surface area contributed by atoms with Crippen LogP contribution in [0, 0.1) is 0 Å². The van der Waals surface area contributed by atoms with E-state index in [2.05, 4.69) is 40.9 Å². The maximum absolute atomic E-state index is 12.8. The van der Waals surface area contributed by atoms with Gasteiger partial charge in [-0.3, -0.25) is 19.3 Å². The first-order chi connectivity index (χ1) is 19.2. The Balaban J connectivity index is 1.27. The molecule has 0 aliphatic heterocycles. The Kier molecular flexibility index (Phi) is 8.99. The van der Waals surface area contributed by atoms with Crippen molar-refractivity contribution >= 4 is 17.6 Å². The lowest BCUT2D eigenvalue weighted by Crippen LogP contribution is -2.18. The minimum atomic E-state index is -4.83. The third-order valence-electron chi connectivity index (χ3n) is 5.64. The molecular weight excluding hydrogens is 529 g/mol. The second kappa shape index (κ2) is 12.8. The quantitative estimate of drug-likeness (QED) is 0.269. The molecule has 2 N–H and O–H groups in total. The zero-order chi connectivity index (χ0) is 28.5. The molecule has 4 rings (SSSR count). The number of halogens is 3. The third-order valence-corrected chi connectivity index (χ3v) is 5.64. The Morgan fingerprint density at radius 3 is 2.58 bits per heavy atom. The molecule has 0 aliphatic carbocycles. The van der Waals surface area contributed by atoms with E-state index in [4.69, 9.17) is 0 Å². The van der Waals surface area contributed by atoms with Gasteiger partial charge < -0.3 is 15.4 Å². The van der Waals surface area contributed by atoms with Gasteiger partial charge in [-0.15, -0.1) is 23.4 Å². The van der Waals surface area contributed by atoms with Gasteiger partial charge in [0, 0.05) is 25.4 Å². The number of carbonyl (C=O) groups excluding carboxylic acids is 2. The number of nitrogens with zero attached hydrogens (tertiary/aromatic N) is 6. The molecule has 0 saturated carbocycles. The van der Waals surface area contributed by atoms with E-state index in [0.29, 0.717) is 24.2 Å². The molecule has 3 heterocycles. The van der Waals surface area contributed by atoms with Gasteiger partial charge in [0.1, 0.15) is 5.75 Å². The number of pyridine rings is 1. The maximum atomic E-state index is 12.8. The van der Waals surface area contributed by atoms with Gasteiger partial charge >= 0.3 is 6.36 Å². The van der Waals surface area contributed by atoms with Gasteiger partial charge in [-0.2, -0.15) is 5.10 Å². The topological polar surface area (TPSA) is 137 Å². The van der Waals surface area contributed by atoms with Gasteiger partial charge in [-0.1, -0.05) is 23.4 Å². The lowest BCUT2D eigenvalue weighted by Gasteiger charge is -2.13. The van der Waals surface area contributed by atoms with Gasteiger partial charge in [-0.25, -0.2) is 0 Å². The van der Waals surface area contributed by atoms with Crippen molar-refractivity contribution in [3.8, 4) is 16.9 Å². The van der Waals surface area contributed by atoms with Crippen molar-refractivity contribution in [2.24, 2.45) is 0 Å². The Morgan fingerprint density at radius 1 is 1.00 bits per heavy atom. The van der Waals surface area contributed by atoms with Crippen LogP contribution in [0.1, 0.15) is 34.7 Å². The summed E-state index contributed by atoms with van der Waals surface area (Å²) >= 11 is 0. The summed E-state index contributed by atoms with van der Waals surface area (Å²) in [7, 11) is 1.53. The standard InChI is InChI=1S/C26H25F3N8O3/c1-30-25(39)21-16-37(36-34-21)13-5-4-6-18-9-10-23(35-33-18)32-24(38)15-19-14-17(11-12-31-19)20-7-2-3-8-22(20)40-26(27,28)29/h2-3,7-12,14,16H,4-6,13,15H2,1H3,(H,30,39)(H,32,35,38). The minimum absolute atomic E-state index is 0.122. The van der Waals surface area contributed by atoms with Crippen molar-refractivity contribution in [1.82, 2.24) is 35.5 Å². The number of alkyl halides is 3. The Bertz CT molecular complexity index is 1460. The van der Waals surface area contributed by atoms with Crippen LogP contribution in [-0.4, -0.2) is 55.4 Å². The fraction of sp³-hybridized carbons (Fsp3) is 0.269. The number of para-hydroxylation sites is 1. The lowest BCUT2D eigenvalue weighted by molar-refractivity contribution is -0.274. The molecule has 40 heavy (non-hydrogen) atoms. The molecular formula is C26H25F3N8O3. The number of anilines is 1. The van der Waals surface area contributed by atoms with Gasteiger partial charge in [0.25, 0.3) is 5.91 Å². The normalized spacial score (nSPS) is 11.2. The van der Waals surface area contributed by atoms with Crippen LogP contribution in [0.4, 0.5) is 19.0 Å². The van der Waals surface area contributed by atoms with E-state index in [9.17, 15) is 22.8 Å². The molecule has 3 aromatic heterocycles. The fourth-order valence-electron chi connectivity index (χ4n) is 3.79. The summed E-state index contributed by atoms with van der Waals surface area (Å²) in [6.07, 6.45) is 0.297. The number of aryl methyl sites for hydroxylation is 2. The average Bonchev–Trinajstić information content (AvgIpc) is 3.40. The molecule has 0 saturated heterocycles. The predicted molar refractivity (Wildman–Crippen MR) is 137 cm³/mol. The highest BCUT2D eigenvalue weighted by atomic mass is 19.4. The fourth-order valence-corrected chi connectivity index (χ4v) is 3.79. The van der Waals surface area contributed by atoms with Crippen LogP contribution in [0.25, 0.3) is 11.1 Å². The van der Waals surface area contributed by atoms with E-state index in [0.717, 1.165) is 18.5 Å². The summed E-state index contributed by atoms with van der Waals surface area (Å²) in [4.78, 5) is 28.2. The van der Waals surface area contributed by atoms with E-state index >= 15 is 0 Å². The molecule has 208 valence electrons. The van der Waals surface area contributed by atoms with E-state index in [1.807, 2.05) is 0 Å². The van der Waals surface area contributed by atoms with Crippen LogP contribution in [0.3, 0.4) is 0 Å². The first-order valence-corrected chi connectivity index (χ1v) is 12.2. The minimum Gasteiger partial charge on any atom is -0.405 e. The first-order valence-electron chi connectivity index (χ1n) is 12.2. The number of hydrogen-bond acceptors (Lipinski definition) is 8. The highest BCUT2D eigenvalue weighted by molar-refractivity contribution is 5.91. The first kappa shape index (κ1) is 28.1. The monoisotopic (exact) mass is 554 g/mol. The Hall–Kier alpha value is -4.88. The van der Waals surface area contributed by atoms with Crippen molar-refractivity contribution in [2.45, 2.75) is 38.6 Å². The van der Waals surface area contributed by atoms with Crippen molar-refractivity contribution in [3.05, 3.63) is 78.0 Å². The Morgan fingerprint density at radius 2 is 1.82 bits per heavy atom. The SMILES string of the molecule is CNC(=O)c1cn(CCCCc2ccc(NC(=O)Cc3cc(-c4ccccc4OC(F)(F)F)ccn3)nn2)nn1. The molecule has 0 radical (unpaired) electrons. The number of carbonyl (C=O) groups is 2. The smallest absolute Gasteiger partial charge is 0.405 e. The van der Waals surface area contributed by atoms with Gasteiger partial charge in [0.2, 0.25) is 5.91 Å². The average molecular weight is 555 g/mol. The summed E-state index contributed by atoms with van der Waals surface area (Å²) in [6, 6.07) is 12.2. The molecule has 2 amide bonds. The highest BCUT2D eigenvalue weighted by Gasteiger charge is 2.32. The van der Waals surface area contributed by atoms with Crippen LogP contribution in [0.2, 0.25) is 0 Å². The number of ether oxygens (including phenoxy) is 1. The number of benzene rings is 1. The Labute approximate surface area is 226 Å². The van der Waals surface area contributed by atoms with E-state index in [1.54, 1.807) is 29.1 Å². The summed E-state index contributed by atoms with van der Waals surface area (Å²) in [6.45, 7) is 0.599. The van der Waals surface area contributed by atoms with Crippen molar-refractivity contribution in [1.29, 1.82) is 0 Å². The van der Waals surface area contributed by atoms with Crippen molar-refractivity contribution in [2.75, 3.05) is 12.4 Å². The number of nitrogens with one attached hydrogen (secondary N) is 2. The highest BCUT2D eigenvalue weighted by Crippen LogP contribution is 2.33. The number of hydrogen-bond donors (Lipinski definition) is 2. The van der Waals surface area contributed by atoms with E-state index in [1.165, 1.54) is 43.6 Å². The summed E-state index contributed by atoms with van der Waals surface area (Å²) in [5, 5.41) is 21.1. The van der Waals surface area contributed by atoms with Gasteiger partial charge in [0.05, 0.1) is 24.0 Å². The van der Waals surface area contributed by atoms with Crippen LogP contribution in [-0.2, 0) is 24.2 Å². The van der Waals surface area contributed by atoms with Crippen molar-refractivity contribution < 1.29 is 27.5 Å². The zero-order valence-electron chi connectivity index (χ0n) is 21.4. The zero-order valence-corrected chi connectivity index (χ0v) is 21.4. The molecule has 0 spiro atoms. The van der Waals surface area contributed by atoms with Gasteiger partial charge in [-0.05, 0) is 55.2 Å². The second-order valence-electron chi connectivity index (χ2n) is 8.62. The maximum Gasteiger partial charge on any atom is 0.573 e. The van der Waals surface area contributed by atoms with Crippen LogP contribution >= 0.6 is 0 Å². The summed E-state index contributed by atoms with van der Waals surface area (Å²) in [5.74, 6) is -0.784. The molecule has 4 aromatic rings. The molecule has 0 aliphatic rings. The summed E-state index contributed by atoms with van der Waals surface area (Å²) < 4.78 is 44.1. The summed E-state index contributed by atoms with van der Waals surface area (Å²) in [5.41, 5.74) is 2.01. The number of amides is 2. The second-order valence-corrected chi connectivity index (χ2v) is 8.62. The number of aromatic nitrogens is 6. The van der Waals surface area contributed by atoms with Gasteiger partial charge in [0.15, 0.2) is 11.5 Å². The molecule has 0 bridgehead atoms. The van der Waals surface area contributed by atoms with Crippen LogP contribution in [0.5, 0.6) is 5.75 Å². The molecule has 0 unspecified atom stereocenters. The van der Waals surface area contributed by atoms with Crippen LogP contribution in [0.15, 0.2) is 60.9 Å². The van der Waals surface area contributed by atoms with Crippen LogP contribution < -0.4 is 15.4 Å². The largest absolute Gasteiger partial charge is 0.573 e. The number of unbranched alkanes of at least 4 members (excludes halogenated alkanes) is 1. The predicted octanol–water partition coefficient (Wildman–Crippen LogP) is 3.59. The number of rotatable bonds is 11.